The molecule has 0 radical (unpaired) electrons. The second kappa shape index (κ2) is 7.04. The molecule has 3 N–H and O–H groups in total. The Morgan fingerprint density at radius 3 is 2.74 bits per heavy atom. The van der Waals surface area contributed by atoms with Gasteiger partial charge < -0.3 is 25.2 Å². The fourth-order valence-electron chi connectivity index (χ4n) is 2.52. The molecule has 1 saturated heterocycles. The maximum Gasteiger partial charge on any atom is 0.319 e. The van der Waals surface area contributed by atoms with Crippen LogP contribution in [0.2, 0.25) is 0 Å². The molecule has 2 unspecified atom stereocenters. The number of carbonyl (C=O) groups excluding carboxylic acids is 2. The van der Waals surface area contributed by atoms with Crippen molar-refractivity contribution in [1.82, 2.24) is 10.6 Å². The van der Waals surface area contributed by atoms with E-state index in [4.69, 9.17) is 9.47 Å². The second-order valence-corrected chi connectivity index (χ2v) is 4.96. The SMILES string of the molecule is C=C1NC(=O)NC(c2cccc(OCC)c2O)C1C(=O)OCC. The Morgan fingerprint density at radius 2 is 2.09 bits per heavy atom. The molecule has 0 spiro atoms. The Kier molecular flexibility index (Phi) is 5.10. The number of rotatable bonds is 5. The van der Waals surface area contributed by atoms with E-state index >= 15 is 0 Å². The first-order chi connectivity index (χ1) is 11.0. The molecule has 124 valence electrons. The Morgan fingerprint density at radius 1 is 1.35 bits per heavy atom. The number of benzene rings is 1. The van der Waals surface area contributed by atoms with Gasteiger partial charge in [0.1, 0.15) is 5.92 Å². The highest BCUT2D eigenvalue weighted by atomic mass is 16.5. The van der Waals surface area contributed by atoms with Gasteiger partial charge in [-0.05, 0) is 19.9 Å². The highest BCUT2D eigenvalue weighted by molar-refractivity contribution is 5.85. The molecule has 1 fully saturated rings. The van der Waals surface area contributed by atoms with E-state index in [1.807, 2.05) is 0 Å². The van der Waals surface area contributed by atoms with E-state index in [2.05, 4.69) is 17.2 Å². The number of nitrogens with one attached hydrogen (secondary N) is 2. The van der Waals surface area contributed by atoms with Crippen molar-refractivity contribution in [2.45, 2.75) is 19.9 Å². The van der Waals surface area contributed by atoms with E-state index in [9.17, 15) is 14.7 Å². The number of para-hydroxylation sites is 1. The molecule has 1 aliphatic rings. The Balaban J connectivity index is 2.44. The summed E-state index contributed by atoms with van der Waals surface area (Å²) >= 11 is 0. The lowest BCUT2D eigenvalue weighted by atomic mass is 9.88. The third kappa shape index (κ3) is 3.39. The van der Waals surface area contributed by atoms with Crippen LogP contribution >= 0.6 is 0 Å². The summed E-state index contributed by atoms with van der Waals surface area (Å²) in [5.74, 6) is -1.22. The van der Waals surface area contributed by atoms with Crippen LogP contribution in [0.5, 0.6) is 11.5 Å². The number of phenols is 1. The number of urea groups is 1. The third-order valence-corrected chi connectivity index (χ3v) is 3.48. The van der Waals surface area contributed by atoms with Crippen LogP contribution in [-0.4, -0.2) is 30.3 Å². The lowest BCUT2D eigenvalue weighted by Crippen LogP contribution is -2.51. The third-order valence-electron chi connectivity index (χ3n) is 3.48. The van der Waals surface area contributed by atoms with Gasteiger partial charge in [0.25, 0.3) is 0 Å². The second-order valence-electron chi connectivity index (χ2n) is 4.96. The number of phenolic OH excluding ortho intramolecular Hbond substituents is 1. The van der Waals surface area contributed by atoms with Crippen molar-refractivity contribution < 1.29 is 24.2 Å². The molecule has 1 aromatic rings. The predicted molar refractivity (Wildman–Crippen MR) is 82.9 cm³/mol. The van der Waals surface area contributed by atoms with Crippen LogP contribution in [0.1, 0.15) is 25.5 Å². The van der Waals surface area contributed by atoms with Gasteiger partial charge in [-0.25, -0.2) is 4.79 Å². The maximum absolute atomic E-state index is 12.2. The van der Waals surface area contributed by atoms with Crippen LogP contribution in [0.3, 0.4) is 0 Å². The van der Waals surface area contributed by atoms with E-state index in [1.54, 1.807) is 32.0 Å². The van der Waals surface area contributed by atoms with Crippen LogP contribution in [0.25, 0.3) is 0 Å². The highest BCUT2D eigenvalue weighted by Gasteiger charge is 2.40. The molecule has 0 saturated carbocycles. The minimum atomic E-state index is -0.851. The van der Waals surface area contributed by atoms with Gasteiger partial charge in [-0.1, -0.05) is 18.7 Å². The quantitative estimate of drug-likeness (QED) is 0.719. The van der Waals surface area contributed by atoms with Gasteiger partial charge >= 0.3 is 12.0 Å². The molecule has 0 aromatic heterocycles. The molecule has 2 atom stereocenters. The Labute approximate surface area is 134 Å². The lowest BCUT2D eigenvalue weighted by molar-refractivity contribution is -0.147. The van der Waals surface area contributed by atoms with E-state index in [0.29, 0.717) is 12.2 Å². The van der Waals surface area contributed by atoms with E-state index in [-0.39, 0.29) is 23.8 Å². The topological polar surface area (TPSA) is 96.9 Å². The molecule has 0 aliphatic carbocycles. The standard InChI is InChI=1S/C16H20N2O5/c1-4-22-11-8-6-7-10(14(11)19)13-12(15(20)23-5-2)9(3)17-16(21)18-13/h6-8,12-13,19H,3-5H2,1-2H3,(H2,17,18,21). The number of aromatic hydroxyl groups is 1. The summed E-state index contributed by atoms with van der Waals surface area (Å²) in [4.78, 5) is 24.0. The first-order valence-corrected chi connectivity index (χ1v) is 7.37. The lowest BCUT2D eigenvalue weighted by Gasteiger charge is -2.33. The van der Waals surface area contributed by atoms with E-state index in [0.717, 1.165) is 0 Å². The molecule has 1 heterocycles. The molecular weight excluding hydrogens is 300 g/mol. The zero-order chi connectivity index (χ0) is 17.0. The summed E-state index contributed by atoms with van der Waals surface area (Å²) in [6.45, 7) is 7.79. The molecular formula is C16H20N2O5. The fourth-order valence-corrected chi connectivity index (χ4v) is 2.52. The minimum Gasteiger partial charge on any atom is -0.504 e. The van der Waals surface area contributed by atoms with Gasteiger partial charge in [0.2, 0.25) is 0 Å². The van der Waals surface area contributed by atoms with Gasteiger partial charge in [-0.15, -0.1) is 0 Å². The van der Waals surface area contributed by atoms with Gasteiger partial charge in [0, 0.05) is 11.3 Å². The Hall–Kier alpha value is -2.70. The average molecular weight is 320 g/mol. The van der Waals surface area contributed by atoms with Gasteiger partial charge in [-0.2, -0.15) is 0 Å². The number of ether oxygens (including phenoxy) is 2. The molecule has 7 nitrogen and oxygen atoms in total. The summed E-state index contributed by atoms with van der Waals surface area (Å²) in [5, 5.41) is 15.5. The van der Waals surface area contributed by atoms with Crippen molar-refractivity contribution in [2.75, 3.05) is 13.2 Å². The highest BCUT2D eigenvalue weighted by Crippen LogP contribution is 2.39. The van der Waals surface area contributed by atoms with Crippen molar-refractivity contribution in [1.29, 1.82) is 0 Å². The van der Waals surface area contributed by atoms with Crippen molar-refractivity contribution in [3.8, 4) is 11.5 Å². The first-order valence-electron chi connectivity index (χ1n) is 7.37. The maximum atomic E-state index is 12.2. The fraction of sp³-hybridized carbons (Fsp3) is 0.375. The van der Waals surface area contributed by atoms with Crippen LogP contribution in [0.15, 0.2) is 30.5 Å². The van der Waals surface area contributed by atoms with Crippen molar-refractivity contribution in [2.24, 2.45) is 5.92 Å². The number of hydrogen-bond acceptors (Lipinski definition) is 5. The van der Waals surface area contributed by atoms with Gasteiger partial charge in [0.15, 0.2) is 11.5 Å². The van der Waals surface area contributed by atoms with Gasteiger partial charge in [0.05, 0.1) is 19.3 Å². The van der Waals surface area contributed by atoms with Crippen molar-refractivity contribution >= 4 is 12.0 Å². The number of carbonyl (C=O) groups is 2. The largest absolute Gasteiger partial charge is 0.504 e. The summed E-state index contributed by atoms with van der Waals surface area (Å²) in [6.07, 6.45) is 0. The Bertz CT molecular complexity index is 629. The summed E-state index contributed by atoms with van der Waals surface area (Å²) in [5.41, 5.74) is 0.586. The summed E-state index contributed by atoms with van der Waals surface area (Å²) < 4.78 is 10.4. The molecule has 23 heavy (non-hydrogen) atoms. The van der Waals surface area contributed by atoms with Crippen LogP contribution in [0.4, 0.5) is 4.79 Å². The summed E-state index contributed by atoms with van der Waals surface area (Å²) in [6, 6.07) is 3.61. The zero-order valence-corrected chi connectivity index (χ0v) is 13.1. The molecule has 7 heteroatoms. The summed E-state index contributed by atoms with van der Waals surface area (Å²) in [7, 11) is 0. The molecule has 2 amide bonds. The van der Waals surface area contributed by atoms with E-state index < -0.39 is 24.0 Å². The average Bonchev–Trinajstić information content (AvgIpc) is 2.49. The molecule has 1 aliphatic heterocycles. The smallest absolute Gasteiger partial charge is 0.319 e. The van der Waals surface area contributed by atoms with Crippen LogP contribution in [0, 0.1) is 5.92 Å². The number of esters is 1. The van der Waals surface area contributed by atoms with Crippen molar-refractivity contribution in [3.05, 3.63) is 36.0 Å². The van der Waals surface area contributed by atoms with Crippen molar-refractivity contribution in [3.63, 3.8) is 0 Å². The molecule has 0 bridgehead atoms. The van der Waals surface area contributed by atoms with Gasteiger partial charge in [-0.3, -0.25) is 4.79 Å². The van der Waals surface area contributed by atoms with E-state index in [1.165, 1.54) is 0 Å². The predicted octanol–water partition coefficient (Wildman–Crippen LogP) is 1.84. The minimum absolute atomic E-state index is 0.122. The monoisotopic (exact) mass is 320 g/mol. The number of amides is 2. The molecule has 2 rings (SSSR count). The normalized spacial score (nSPS) is 20.4. The first kappa shape index (κ1) is 16.7. The molecule has 1 aromatic carbocycles. The zero-order valence-electron chi connectivity index (χ0n) is 13.1. The van der Waals surface area contributed by atoms with Crippen LogP contribution < -0.4 is 15.4 Å². The number of hydrogen-bond donors (Lipinski definition) is 3. The van der Waals surface area contributed by atoms with Crippen LogP contribution in [-0.2, 0) is 9.53 Å².